The molecule has 0 heterocycles. The summed E-state index contributed by atoms with van der Waals surface area (Å²) in [7, 11) is 0. The molecule has 0 amide bonds. The van der Waals surface area contributed by atoms with Crippen LogP contribution in [0.25, 0.3) is 0 Å². The van der Waals surface area contributed by atoms with Crippen LogP contribution in [0.5, 0.6) is 0 Å². The largest absolute Gasteiger partial charge is 0.392 e. The van der Waals surface area contributed by atoms with Gasteiger partial charge in [-0.1, -0.05) is 27.7 Å². The van der Waals surface area contributed by atoms with E-state index in [4.69, 9.17) is 0 Å². The maximum Gasteiger partial charge on any atom is 0.0702 e. The smallest absolute Gasteiger partial charge is 0.0702 e. The second-order valence-electron chi connectivity index (χ2n) is 6.40. The van der Waals surface area contributed by atoms with Gasteiger partial charge in [0.25, 0.3) is 0 Å². The molecule has 0 aromatic heterocycles. The van der Waals surface area contributed by atoms with Crippen LogP contribution in [0.4, 0.5) is 11.4 Å². The number of anilines is 2. The molecule has 0 spiro atoms. The highest BCUT2D eigenvalue weighted by molar-refractivity contribution is 5.66. The summed E-state index contributed by atoms with van der Waals surface area (Å²) in [5, 5.41) is 19.9. The summed E-state index contributed by atoms with van der Waals surface area (Å²) in [5.41, 5.74) is 4.06. The number of hydrogen-bond donors (Lipinski definition) is 2. The first-order valence-electron chi connectivity index (χ1n) is 9.53. The molecule has 0 bridgehead atoms. The van der Waals surface area contributed by atoms with Crippen molar-refractivity contribution in [3.05, 3.63) is 23.3 Å². The SMILES string of the molecule is CCCN(CCC)c1cc(CO)c(N(CCC)CCC)cc1CO. The Labute approximate surface area is 148 Å². The third-order valence-corrected chi connectivity index (χ3v) is 4.28. The Morgan fingerprint density at radius 3 is 1.12 bits per heavy atom. The third-order valence-electron chi connectivity index (χ3n) is 4.28. The molecule has 24 heavy (non-hydrogen) atoms. The van der Waals surface area contributed by atoms with Crippen molar-refractivity contribution in [2.75, 3.05) is 36.0 Å². The predicted octanol–water partition coefficient (Wildman–Crippen LogP) is 3.92. The molecule has 0 atom stereocenters. The van der Waals surface area contributed by atoms with E-state index >= 15 is 0 Å². The zero-order chi connectivity index (χ0) is 17.9. The van der Waals surface area contributed by atoms with Crippen LogP contribution in [0.2, 0.25) is 0 Å². The quantitative estimate of drug-likeness (QED) is 0.607. The van der Waals surface area contributed by atoms with Crippen molar-refractivity contribution in [1.82, 2.24) is 0 Å². The van der Waals surface area contributed by atoms with Crippen LogP contribution in [-0.2, 0) is 13.2 Å². The maximum atomic E-state index is 9.93. The molecule has 0 aliphatic rings. The topological polar surface area (TPSA) is 46.9 Å². The average Bonchev–Trinajstić information content (AvgIpc) is 2.60. The van der Waals surface area contributed by atoms with Gasteiger partial charge in [0.15, 0.2) is 0 Å². The normalized spacial score (nSPS) is 10.9. The van der Waals surface area contributed by atoms with E-state index in [-0.39, 0.29) is 13.2 Å². The van der Waals surface area contributed by atoms with Crippen LogP contribution in [0.3, 0.4) is 0 Å². The van der Waals surface area contributed by atoms with Gasteiger partial charge in [0.05, 0.1) is 13.2 Å². The van der Waals surface area contributed by atoms with Gasteiger partial charge in [-0.05, 0) is 37.8 Å². The number of benzene rings is 1. The van der Waals surface area contributed by atoms with Crippen molar-refractivity contribution < 1.29 is 10.2 Å². The molecule has 138 valence electrons. The van der Waals surface area contributed by atoms with Crippen molar-refractivity contribution >= 4 is 11.4 Å². The Hall–Kier alpha value is -1.26. The van der Waals surface area contributed by atoms with Crippen LogP contribution in [0.15, 0.2) is 12.1 Å². The molecule has 1 rings (SSSR count). The summed E-state index contributed by atoms with van der Waals surface area (Å²) in [6.45, 7) is 12.6. The van der Waals surface area contributed by atoms with Crippen molar-refractivity contribution in [3.63, 3.8) is 0 Å². The van der Waals surface area contributed by atoms with Crippen molar-refractivity contribution in [3.8, 4) is 0 Å². The molecule has 0 radical (unpaired) electrons. The Balaban J connectivity index is 3.33. The fourth-order valence-corrected chi connectivity index (χ4v) is 3.29. The zero-order valence-electron chi connectivity index (χ0n) is 16.0. The number of aliphatic hydroxyl groups is 2. The van der Waals surface area contributed by atoms with Gasteiger partial charge in [-0.25, -0.2) is 0 Å². The number of aliphatic hydroxyl groups excluding tert-OH is 2. The van der Waals surface area contributed by atoms with Gasteiger partial charge in [0.1, 0.15) is 0 Å². The summed E-state index contributed by atoms with van der Waals surface area (Å²) in [6.07, 6.45) is 4.27. The molecule has 0 aliphatic carbocycles. The summed E-state index contributed by atoms with van der Waals surface area (Å²) >= 11 is 0. The summed E-state index contributed by atoms with van der Waals surface area (Å²) in [6, 6.07) is 4.18. The van der Waals surface area contributed by atoms with Crippen LogP contribution in [0, 0.1) is 0 Å². The van der Waals surface area contributed by atoms with Gasteiger partial charge in [0.2, 0.25) is 0 Å². The summed E-state index contributed by atoms with van der Waals surface area (Å²) in [4.78, 5) is 4.66. The number of nitrogens with zero attached hydrogens (tertiary/aromatic N) is 2. The Bertz CT molecular complexity index is 421. The molecule has 4 heteroatoms. The molecule has 0 fully saturated rings. The van der Waals surface area contributed by atoms with E-state index in [2.05, 4.69) is 49.6 Å². The van der Waals surface area contributed by atoms with E-state index in [0.717, 1.165) is 74.4 Å². The van der Waals surface area contributed by atoms with Crippen molar-refractivity contribution in [2.45, 2.75) is 66.6 Å². The maximum absolute atomic E-state index is 9.93. The Morgan fingerprint density at radius 2 is 0.917 bits per heavy atom. The van der Waals surface area contributed by atoms with Gasteiger partial charge in [-0.15, -0.1) is 0 Å². The van der Waals surface area contributed by atoms with Crippen LogP contribution >= 0.6 is 0 Å². The average molecular weight is 337 g/mol. The second kappa shape index (κ2) is 11.3. The lowest BCUT2D eigenvalue weighted by Crippen LogP contribution is -2.29. The van der Waals surface area contributed by atoms with Gasteiger partial charge >= 0.3 is 0 Å². The molecule has 0 aliphatic heterocycles. The van der Waals surface area contributed by atoms with Crippen molar-refractivity contribution in [1.29, 1.82) is 0 Å². The molecule has 0 saturated heterocycles. The van der Waals surface area contributed by atoms with E-state index in [0.29, 0.717) is 0 Å². The lowest BCUT2D eigenvalue weighted by Gasteiger charge is -2.31. The molecule has 2 N–H and O–H groups in total. The zero-order valence-corrected chi connectivity index (χ0v) is 16.0. The monoisotopic (exact) mass is 336 g/mol. The van der Waals surface area contributed by atoms with E-state index in [9.17, 15) is 10.2 Å². The summed E-state index contributed by atoms with van der Waals surface area (Å²) < 4.78 is 0. The molecule has 0 saturated carbocycles. The minimum absolute atomic E-state index is 0.0318. The predicted molar refractivity (Wildman–Crippen MR) is 104 cm³/mol. The fourth-order valence-electron chi connectivity index (χ4n) is 3.29. The van der Waals surface area contributed by atoms with Crippen LogP contribution in [-0.4, -0.2) is 36.4 Å². The molecule has 1 aromatic carbocycles. The van der Waals surface area contributed by atoms with E-state index in [1.54, 1.807) is 0 Å². The minimum Gasteiger partial charge on any atom is -0.392 e. The van der Waals surface area contributed by atoms with Crippen LogP contribution in [0.1, 0.15) is 64.5 Å². The first kappa shape index (κ1) is 20.8. The molecule has 4 nitrogen and oxygen atoms in total. The molecular weight excluding hydrogens is 300 g/mol. The van der Waals surface area contributed by atoms with E-state index < -0.39 is 0 Å². The lowest BCUT2D eigenvalue weighted by atomic mass is 10.0. The van der Waals surface area contributed by atoms with Gasteiger partial charge in [0, 0.05) is 48.7 Å². The standard InChI is InChI=1S/C20H36N2O2/c1-5-9-21(10-6-2)19-13-18(16-24)20(14-17(19)15-23)22(11-7-3)12-8-4/h13-14,23-24H,5-12,15-16H2,1-4H3. The van der Waals surface area contributed by atoms with Crippen LogP contribution < -0.4 is 9.80 Å². The number of hydrogen-bond acceptors (Lipinski definition) is 4. The Kier molecular flexibility index (Phi) is 9.80. The van der Waals surface area contributed by atoms with Crippen molar-refractivity contribution in [2.24, 2.45) is 0 Å². The lowest BCUT2D eigenvalue weighted by molar-refractivity contribution is 0.278. The minimum atomic E-state index is 0.0318. The van der Waals surface area contributed by atoms with Gasteiger partial charge in [-0.3, -0.25) is 0 Å². The molecule has 0 unspecified atom stereocenters. The van der Waals surface area contributed by atoms with Gasteiger partial charge < -0.3 is 20.0 Å². The highest BCUT2D eigenvalue weighted by Gasteiger charge is 2.17. The highest BCUT2D eigenvalue weighted by Crippen LogP contribution is 2.31. The fraction of sp³-hybridized carbons (Fsp3) is 0.700. The Morgan fingerprint density at radius 1 is 0.625 bits per heavy atom. The first-order chi connectivity index (χ1) is 11.7. The number of rotatable bonds is 12. The highest BCUT2D eigenvalue weighted by atomic mass is 16.3. The first-order valence-corrected chi connectivity index (χ1v) is 9.53. The van der Waals surface area contributed by atoms with E-state index in [1.807, 2.05) is 0 Å². The third kappa shape index (κ3) is 5.38. The van der Waals surface area contributed by atoms with Gasteiger partial charge in [-0.2, -0.15) is 0 Å². The molecular formula is C20H36N2O2. The summed E-state index contributed by atoms with van der Waals surface area (Å²) in [5.74, 6) is 0. The second-order valence-corrected chi connectivity index (χ2v) is 6.40. The van der Waals surface area contributed by atoms with E-state index in [1.165, 1.54) is 0 Å². The molecule has 1 aromatic rings.